The Balaban J connectivity index is 1.81. The van der Waals surface area contributed by atoms with E-state index in [4.69, 9.17) is 28.0 Å². The molecule has 0 radical (unpaired) electrons. The zero-order chi connectivity index (χ0) is 23.0. The average Bonchev–Trinajstić information content (AvgIpc) is 2.83. The van der Waals surface area contributed by atoms with Gasteiger partial charge in [0.05, 0.1) is 31.6 Å². The summed E-state index contributed by atoms with van der Waals surface area (Å²) in [5.41, 5.74) is 2.10. The molecule has 2 aromatic carbocycles. The summed E-state index contributed by atoms with van der Waals surface area (Å²) in [4.78, 5) is 0. The van der Waals surface area contributed by atoms with Gasteiger partial charge >= 0.3 is 7.60 Å². The van der Waals surface area contributed by atoms with Crippen LogP contribution >= 0.6 is 7.60 Å². The van der Waals surface area contributed by atoms with Crippen LogP contribution in [-0.4, -0.2) is 58.0 Å². The van der Waals surface area contributed by atoms with Gasteiger partial charge in [-0.2, -0.15) is 0 Å². The predicted molar refractivity (Wildman–Crippen MR) is 122 cm³/mol. The summed E-state index contributed by atoms with van der Waals surface area (Å²) in [6, 6.07) is 19.9. The van der Waals surface area contributed by atoms with Crippen molar-refractivity contribution in [3.8, 4) is 0 Å². The van der Waals surface area contributed by atoms with Crippen LogP contribution in [-0.2, 0) is 45.8 Å². The molecule has 32 heavy (non-hydrogen) atoms. The normalized spacial score (nSPS) is 26.2. The molecule has 1 heterocycles. The van der Waals surface area contributed by atoms with Crippen LogP contribution in [0.4, 0.5) is 0 Å². The van der Waals surface area contributed by atoms with Crippen molar-refractivity contribution in [2.75, 3.05) is 27.5 Å². The van der Waals surface area contributed by atoms with Crippen molar-refractivity contribution in [3.63, 3.8) is 0 Å². The van der Waals surface area contributed by atoms with Crippen LogP contribution in [0.5, 0.6) is 0 Å². The van der Waals surface area contributed by atoms with E-state index in [-0.39, 0.29) is 18.4 Å². The lowest BCUT2D eigenvalue weighted by Crippen LogP contribution is -2.60. The molecule has 2 aromatic rings. The van der Waals surface area contributed by atoms with Crippen LogP contribution in [0, 0.1) is 0 Å². The summed E-state index contributed by atoms with van der Waals surface area (Å²) in [6.07, 6.45) is -2.16. The fourth-order valence-electron chi connectivity index (χ4n) is 3.93. The van der Waals surface area contributed by atoms with Gasteiger partial charge in [0.1, 0.15) is 18.3 Å². The highest BCUT2D eigenvalue weighted by Crippen LogP contribution is 2.49. The van der Waals surface area contributed by atoms with Gasteiger partial charge in [0.2, 0.25) is 0 Å². The zero-order valence-electron chi connectivity index (χ0n) is 19.1. The summed E-state index contributed by atoms with van der Waals surface area (Å²) in [5.74, 6) is 0. The highest BCUT2D eigenvalue weighted by Gasteiger charge is 2.48. The fraction of sp³-hybridized carbons (Fsp3) is 0.500. The van der Waals surface area contributed by atoms with Crippen molar-refractivity contribution in [1.82, 2.24) is 0 Å². The lowest BCUT2D eigenvalue weighted by Gasteiger charge is -2.45. The summed E-state index contributed by atoms with van der Waals surface area (Å²) < 4.78 is 47.8. The molecular formula is C24H33O7P. The van der Waals surface area contributed by atoms with Gasteiger partial charge in [-0.15, -0.1) is 0 Å². The van der Waals surface area contributed by atoms with E-state index in [0.717, 1.165) is 11.1 Å². The number of hydrogen-bond acceptors (Lipinski definition) is 7. The molecule has 0 saturated carbocycles. The van der Waals surface area contributed by atoms with Gasteiger partial charge in [0.15, 0.2) is 0 Å². The first-order valence-corrected chi connectivity index (χ1v) is 12.4. The number of benzene rings is 2. The number of methoxy groups -OCH3 is 1. The number of hydrogen-bond donors (Lipinski definition) is 0. The molecule has 0 N–H and O–H groups in total. The topological polar surface area (TPSA) is 72.5 Å². The second-order valence-electron chi connectivity index (χ2n) is 7.76. The van der Waals surface area contributed by atoms with Gasteiger partial charge in [-0.05, 0) is 18.1 Å². The van der Waals surface area contributed by atoms with E-state index in [1.54, 1.807) is 7.11 Å². The first kappa shape index (κ1) is 25.1. The zero-order valence-corrected chi connectivity index (χ0v) is 20.0. The van der Waals surface area contributed by atoms with Crippen LogP contribution in [0.15, 0.2) is 60.7 Å². The molecule has 5 atom stereocenters. The maximum atomic E-state index is 12.8. The molecule has 0 bridgehead atoms. The second-order valence-corrected chi connectivity index (χ2v) is 10.1. The molecule has 1 fully saturated rings. The van der Waals surface area contributed by atoms with Gasteiger partial charge in [0.25, 0.3) is 0 Å². The van der Waals surface area contributed by atoms with Crippen LogP contribution in [0.2, 0.25) is 0 Å². The summed E-state index contributed by atoms with van der Waals surface area (Å²) in [7, 11) is 1.01. The van der Waals surface area contributed by atoms with Crippen LogP contribution in [0.1, 0.15) is 18.1 Å². The third kappa shape index (κ3) is 6.49. The third-order valence-electron chi connectivity index (χ3n) is 5.67. The van der Waals surface area contributed by atoms with Crippen molar-refractivity contribution in [2.45, 2.75) is 50.7 Å². The van der Waals surface area contributed by atoms with E-state index in [0.29, 0.717) is 13.2 Å². The van der Waals surface area contributed by atoms with E-state index in [9.17, 15) is 4.57 Å². The molecule has 1 aliphatic heterocycles. The Labute approximate surface area is 190 Å². The van der Waals surface area contributed by atoms with Crippen molar-refractivity contribution in [2.24, 2.45) is 0 Å². The Bertz CT molecular complexity index is 840. The van der Waals surface area contributed by atoms with Crippen LogP contribution < -0.4 is 0 Å². The van der Waals surface area contributed by atoms with Gasteiger partial charge in [-0.3, -0.25) is 4.57 Å². The Hall–Kier alpha value is -1.57. The summed E-state index contributed by atoms with van der Waals surface area (Å²) in [6.45, 7) is 2.74. The summed E-state index contributed by atoms with van der Waals surface area (Å²) >= 11 is 0. The van der Waals surface area contributed by atoms with Gasteiger partial charge in [-0.25, -0.2) is 0 Å². The maximum absolute atomic E-state index is 12.8. The van der Waals surface area contributed by atoms with E-state index >= 15 is 0 Å². The van der Waals surface area contributed by atoms with Crippen molar-refractivity contribution in [1.29, 1.82) is 0 Å². The van der Waals surface area contributed by atoms with Gasteiger partial charge < -0.3 is 28.0 Å². The molecule has 7 nitrogen and oxygen atoms in total. The number of ether oxygens (including phenoxy) is 4. The molecule has 0 aliphatic carbocycles. The monoisotopic (exact) mass is 464 g/mol. The van der Waals surface area contributed by atoms with E-state index in [2.05, 4.69) is 0 Å². The van der Waals surface area contributed by atoms with Crippen LogP contribution in [0.3, 0.4) is 0 Å². The second kappa shape index (κ2) is 12.1. The Morgan fingerprint density at radius 2 is 1.28 bits per heavy atom. The average molecular weight is 464 g/mol. The Morgan fingerprint density at radius 3 is 1.75 bits per heavy atom. The standard InChI is InChI=1S/C24H33O7P/c1-18-22(29-15-19-11-7-5-8-12-19)24(30-16-20-13-9-6-10-14-20)23(26-2)21(31-18)17-32(25,27-3)28-4/h5-14,18,21-24H,15-17H2,1-4H3/t18-,21-,22-,23-,24+/m0/s1. The first-order valence-electron chi connectivity index (χ1n) is 10.7. The molecule has 0 unspecified atom stereocenters. The lowest BCUT2D eigenvalue weighted by atomic mass is 9.95. The minimum atomic E-state index is -3.31. The van der Waals surface area contributed by atoms with Gasteiger partial charge in [-0.1, -0.05) is 60.7 Å². The molecular weight excluding hydrogens is 431 g/mol. The molecule has 176 valence electrons. The Kier molecular flexibility index (Phi) is 9.44. The minimum Gasteiger partial charge on any atom is -0.376 e. The molecule has 0 aromatic heterocycles. The summed E-state index contributed by atoms with van der Waals surface area (Å²) in [5, 5.41) is 0. The first-order chi connectivity index (χ1) is 15.5. The molecule has 8 heteroatoms. The smallest absolute Gasteiger partial charge is 0.332 e. The van der Waals surface area contributed by atoms with Crippen molar-refractivity contribution >= 4 is 7.60 Å². The highest BCUT2D eigenvalue weighted by molar-refractivity contribution is 7.53. The molecule has 1 aliphatic rings. The maximum Gasteiger partial charge on any atom is 0.332 e. The Morgan fingerprint density at radius 1 is 0.781 bits per heavy atom. The van der Waals surface area contributed by atoms with Crippen molar-refractivity contribution < 1.29 is 32.6 Å². The SMILES string of the molecule is CO[C@@H]1[C@H](OCc2ccccc2)[C@@H](OCc2ccccc2)[C@H](C)O[C@H]1CP(=O)(OC)OC. The van der Waals surface area contributed by atoms with E-state index in [1.165, 1.54) is 14.2 Å². The molecule has 0 spiro atoms. The van der Waals surface area contributed by atoms with Crippen LogP contribution in [0.25, 0.3) is 0 Å². The largest absolute Gasteiger partial charge is 0.376 e. The third-order valence-corrected chi connectivity index (χ3v) is 7.59. The predicted octanol–water partition coefficient (Wildman–Crippen LogP) is 4.45. The van der Waals surface area contributed by atoms with Crippen molar-refractivity contribution in [3.05, 3.63) is 71.8 Å². The lowest BCUT2D eigenvalue weighted by molar-refractivity contribution is -0.249. The minimum absolute atomic E-state index is 0.0550. The highest BCUT2D eigenvalue weighted by atomic mass is 31.2. The van der Waals surface area contributed by atoms with Gasteiger partial charge in [0, 0.05) is 21.3 Å². The molecule has 1 saturated heterocycles. The fourth-order valence-corrected chi connectivity index (χ4v) is 5.11. The number of rotatable bonds is 11. The van der Waals surface area contributed by atoms with E-state index < -0.39 is 25.9 Å². The quantitative estimate of drug-likeness (QED) is 0.455. The molecule has 0 amide bonds. The molecule has 3 rings (SSSR count). The van der Waals surface area contributed by atoms with E-state index in [1.807, 2.05) is 67.6 Å².